The van der Waals surface area contributed by atoms with E-state index in [0.717, 1.165) is 6.07 Å². The summed E-state index contributed by atoms with van der Waals surface area (Å²) in [4.78, 5) is 10.6. The molecule has 0 unspecified atom stereocenters. The number of hydrogen-bond donors (Lipinski definition) is 3. The summed E-state index contributed by atoms with van der Waals surface area (Å²) in [7, 11) is -4.15. The summed E-state index contributed by atoms with van der Waals surface area (Å²) >= 11 is 2.87. The Hall–Kier alpha value is -1.19. The zero-order chi connectivity index (χ0) is 14.6. The number of carbonyl (C=O) groups excluding carboxylic acids is 1. The molecule has 0 aliphatic carbocycles. The minimum Gasteiger partial charge on any atom is -0.399 e. The molecule has 1 aromatic carbocycles. The van der Waals surface area contributed by atoms with E-state index in [1.807, 2.05) is 4.72 Å². The molecule has 0 radical (unpaired) electrons. The molecule has 0 spiro atoms. The Morgan fingerprint density at radius 3 is 2.68 bits per heavy atom. The van der Waals surface area contributed by atoms with E-state index in [-0.39, 0.29) is 10.2 Å². The highest BCUT2D eigenvalue weighted by Gasteiger charge is 2.22. The summed E-state index contributed by atoms with van der Waals surface area (Å²) in [6, 6.07) is 2.23. The number of halogens is 2. The fraction of sp³-hybridized carbons (Fsp3) is 0.300. The Labute approximate surface area is 118 Å². The maximum atomic E-state index is 13.7. The van der Waals surface area contributed by atoms with E-state index >= 15 is 0 Å². The van der Waals surface area contributed by atoms with Gasteiger partial charge in [-0.1, -0.05) is 0 Å². The van der Waals surface area contributed by atoms with Crippen LogP contribution in [0.4, 0.5) is 10.1 Å². The van der Waals surface area contributed by atoms with E-state index in [1.165, 1.54) is 6.07 Å². The number of likely N-dealkylation sites (N-methyl/N-ethyl adjacent to an activating group) is 1. The van der Waals surface area contributed by atoms with Crippen molar-refractivity contribution in [3.63, 3.8) is 0 Å². The van der Waals surface area contributed by atoms with Gasteiger partial charge in [-0.25, -0.2) is 17.5 Å². The summed E-state index contributed by atoms with van der Waals surface area (Å²) < 4.78 is 39.4. The molecule has 4 N–H and O–H groups in total. The van der Waals surface area contributed by atoms with Gasteiger partial charge in [0.05, 0.1) is 11.0 Å². The van der Waals surface area contributed by atoms with Crippen LogP contribution in [0.5, 0.6) is 0 Å². The van der Waals surface area contributed by atoms with E-state index < -0.39 is 33.2 Å². The van der Waals surface area contributed by atoms with Gasteiger partial charge < -0.3 is 11.1 Å². The highest BCUT2D eigenvalue weighted by molar-refractivity contribution is 9.10. The molecular formula is C10H13BrFN3O3S. The van der Waals surface area contributed by atoms with Crippen LogP contribution >= 0.6 is 15.9 Å². The van der Waals surface area contributed by atoms with Gasteiger partial charge in [-0.3, -0.25) is 4.79 Å². The van der Waals surface area contributed by atoms with Crippen molar-refractivity contribution in [2.75, 3.05) is 18.8 Å². The first kappa shape index (κ1) is 15.9. The average molecular weight is 354 g/mol. The first-order chi connectivity index (χ1) is 8.77. The lowest BCUT2D eigenvalue weighted by molar-refractivity contribution is -0.119. The fourth-order valence-electron chi connectivity index (χ4n) is 1.28. The number of carbonyl (C=O) groups is 1. The van der Waals surface area contributed by atoms with E-state index in [0.29, 0.717) is 6.54 Å². The normalized spacial score (nSPS) is 11.3. The second-order valence-electron chi connectivity index (χ2n) is 3.59. The minimum absolute atomic E-state index is 0.0640. The van der Waals surface area contributed by atoms with E-state index in [9.17, 15) is 17.6 Å². The van der Waals surface area contributed by atoms with Crippen LogP contribution < -0.4 is 15.8 Å². The molecule has 1 aromatic rings. The zero-order valence-electron chi connectivity index (χ0n) is 10.0. The molecule has 1 amide bonds. The highest BCUT2D eigenvalue weighted by atomic mass is 79.9. The second-order valence-corrected chi connectivity index (χ2v) is 6.18. The van der Waals surface area contributed by atoms with Crippen LogP contribution in [0.1, 0.15) is 6.92 Å². The molecule has 0 saturated heterocycles. The third kappa shape index (κ3) is 4.15. The third-order valence-corrected chi connectivity index (χ3v) is 4.08. The van der Waals surface area contributed by atoms with Gasteiger partial charge in [-0.15, -0.1) is 0 Å². The third-order valence-electron chi connectivity index (χ3n) is 2.10. The summed E-state index contributed by atoms with van der Waals surface area (Å²) in [5.74, 6) is -1.47. The first-order valence-corrected chi connectivity index (χ1v) is 7.56. The van der Waals surface area contributed by atoms with Crippen LogP contribution in [-0.4, -0.2) is 27.4 Å². The zero-order valence-corrected chi connectivity index (χ0v) is 12.4. The Morgan fingerprint density at radius 2 is 2.11 bits per heavy atom. The molecular weight excluding hydrogens is 341 g/mol. The molecule has 0 fully saturated rings. The fourth-order valence-corrected chi connectivity index (χ4v) is 3.00. The lowest BCUT2D eigenvalue weighted by Crippen LogP contribution is -2.37. The molecule has 9 heteroatoms. The number of anilines is 1. The molecule has 6 nitrogen and oxygen atoms in total. The number of nitrogens with one attached hydrogen (secondary N) is 2. The number of nitrogen functional groups attached to an aromatic ring is 1. The van der Waals surface area contributed by atoms with Gasteiger partial charge in [0.15, 0.2) is 5.82 Å². The molecule has 0 aromatic heterocycles. The summed E-state index contributed by atoms with van der Waals surface area (Å²) in [6.07, 6.45) is 0. The van der Waals surface area contributed by atoms with Crippen molar-refractivity contribution in [2.45, 2.75) is 11.8 Å². The van der Waals surface area contributed by atoms with Gasteiger partial charge in [0.25, 0.3) is 0 Å². The topological polar surface area (TPSA) is 101 Å². The Kier molecular flexibility index (Phi) is 5.27. The molecule has 0 heterocycles. The smallest absolute Gasteiger partial charge is 0.244 e. The van der Waals surface area contributed by atoms with Gasteiger partial charge in [0.2, 0.25) is 15.9 Å². The minimum atomic E-state index is -4.15. The summed E-state index contributed by atoms with van der Waals surface area (Å²) in [5.41, 5.74) is 5.55. The lowest BCUT2D eigenvalue weighted by atomic mass is 10.3. The molecule has 0 saturated carbocycles. The number of benzene rings is 1. The molecule has 0 atom stereocenters. The molecule has 19 heavy (non-hydrogen) atoms. The van der Waals surface area contributed by atoms with Crippen molar-refractivity contribution in [1.29, 1.82) is 0 Å². The highest BCUT2D eigenvalue weighted by Crippen LogP contribution is 2.25. The van der Waals surface area contributed by atoms with Gasteiger partial charge in [-0.2, -0.15) is 0 Å². The largest absolute Gasteiger partial charge is 0.399 e. The van der Waals surface area contributed by atoms with E-state index in [1.54, 1.807) is 6.92 Å². The average Bonchev–Trinajstić information content (AvgIpc) is 2.31. The molecule has 106 valence electrons. The predicted molar refractivity (Wildman–Crippen MR) is 72.4 cm³/mol. The maximum absolute atomic E-state index is 13.7. The van der Waals surface area contributed by atoms with Crippen LogP contribution in [0.3, 0.4) is 0 Å². The van der Waals surface area contributed by atoms with Gasteiger partial charge >= 0.3 is 0 Å². The Bertz CT molecular complexity index is 592. The number of amides is 1. The molecule has 0 bridgehead atoms. The van der Waals surface area contributed by atoms with E-state index in [2.05, 4.69) is 21.2 Å². The SMILES string of the molecule is CCNC(=O)CNS(=O)(=O)c1cc(N)cc(Br)c1F. The van der Waals surface area contributed by atoms with Crippen molar-refractivity contribution in [2.24, 2.45) is 0 Å². The Balaban J connectivity index is 2.98. The Morgan fingerprint density at radius 1 is 1.47 bits per heavy atom. The van der Waals surface area contributed by atoms with Crippen molar-refractivity contribution >= 4 is 37.5 Å². The van der Waals surface area contributed by atoms with Crippen molar-refractivity contribution in [3.8, 4) is 0 Å². The first-order valence-electron chi connectivity index (χ1n) is 5.28. The number of hydrogen-bond acceptors (Lipinski definition) is 4. The lowest BCUT2D eigenvalue weighted by Gasteiger charge is -2.09. The quantitative estimate of drug-likeness (QED) is 0.674. The van der Waals surface area contributed by atoms with Crippen molar-refractivity contribution < 1.29 is 17.6 Å². The standard InChI is InChI=1S/C10H13BrFN3O3S/c1-2-14-9(16)5-15-19(17,18)8-4-6(13)3-7(11)10(8)12/h3-4,15H,2,5,13H2,1H3,(H,14,16). The summed E-state index contributed by atoms with van der Waals surface area (Å²) in [6.45, 7) is 1.60. The maximum Gasteiger partial charge on any atom is 0.244 e. The van der Waals surface area contributed by atoms with Crippen LogP contribution in [0.15, 0.2) is 21.5 Å². The molecule has 1 rings (SSSR count). The van der Waals surface area contributed by atoms with Crippen molar-refractivity contribution in [3.05, 3.63) is 22.4 Å². The monoisotopic (exact) mass is 353 g/mol. The van der Waals surface area contributed by atoms with Crippen LogP contribution in [0, 0.1) is 5.82 Å². The molecule has 0 aliphatic rings. The van der Waals surface area contributed by atoms with Crippen LogP contribution in [0.2, 0.25) is 0 Å². The second kappa shape index (κ2) is 6.31. The van der Waals surface area contributed by atoms with Gasteiger partial charge in [0.1, 0.15) is 4.90 Å². The number of nitrogens with two attached hydrogens (primary N) is 1. The van der Waals surface area contributed by atoms with Crippen molar-refractivity contribution in [1.82, 2.24) is 10.0 Å². The molecule has 0 aliphatic heterocycles. The van der Waals surface area contributed by atoms with E-state index in [4.69, 9.17) is 5.73 Å². The van der Waals surface area contributed by atoms with Gasteiger partial charge in [0, 0.05) is 12.2 Å². The number of sulfonamides is 1. The summed E-state index contributed by atoms with van der Waals surface area (Å²) in [5, 5.41) is 2.41. The van der Waals surface area contributed by atoms with Crippen LogP contribution in [0.25, 0.3) is 0 Å². The van der Waals surface area contributed by atoms with Gasteiger partial charge in [-0.05, 0) is 35.0 Å². The van der Waals surface area contributed by atoms with Crippen LogP contribution in [-0.2, 0) is 14.8 Å². The number of rotatable bonds is 5. The predicted octanol–water partition coefficient (Wildman–Crippen LogP) is 0.585.